The van der Waals surface area contributed by atoms with Crippen molar-refractivity contribution in [2.45, 2.75) is 84.8 Å². The Hall–Kier alpha value is -3.51. The van der Waals surface area contributed by atoms with Crippen molar-refractivity contribution in [3.63, 3.8) is 0 Å². The summed E-state index contributed by atoms with van der Waals surface area (Å²) in [6.07, 6.45) is -3.45. The molecular formula is C21H29N3O10. The van der Waals surface area contributed by atoms with Gasteiger partial charge in [0.05, 0.1) is 0 Å². The number of carbonyl (C=O) groups is 5. The first-order valence-corrected chi connectivity index (χ1v) is 10.7. The van der Waals surface area contributed by atoms with Crippen LogP contribution in [0.15, 0.2) is 0 Å². The fourth-order valence-corrected chi connectivity index (χ4v) is 3.52. The Morgan fingerprint density at radius 1 is 0.794 bits per heavy atom. The van der Waals surface area contributed by atoms with E-state index in [-0.39, 0.29) is 5.82 Å². The van der Waals surface area contributed by atoms with Crippen molar-refractivity contribution in [3.05, 3.63) is 11.6 Å². The second-order valence-corrected chi connectivity index (χ2v) is 7.70. The van der Waals surface area contributed by atoms with Crippen LogP contribution in [-0.2, 0) is 60.6 Å². The second-order valence-electron chi connectivity index (χ2n) is 7.70. The van der Waals surface area contributed by atoms with Gasteiger partial charge in [0.15, 0.2) is 24.1 Å². The van der Waals surface area contributed by atoms with E-state index in [0.717, 1.165) is 47.5 Å². The molecule has 0 saturated carbocycles. The van der Waals surface area contributed by atoms with Crippen LogP contribution >= 0.6 is 0 Å². The summed E-state index contributed by atoms with van der Waals surface area (Å²) in [6, 6.07) is 0. The van der Waals surface area contributed by atoms with E-state index in [0.29, 0.717) is 18.8 Å². The van der Waals surface area contributed by atoms with E-state index in [1.54, 1.807) is 4.68 Å². The van der Waals surface area contributed by atoms with Crippen LogP contribution in [0.1, 0.15) is 65.2 Å². The first-order chi connectivity index (χ1) is 16.0. The number of esters is 5. The van der Waals surface area contributed by atoms with Crippen molar-refractivity contribution >= 4 is 29.8 Å². The molecule has 13 heteroatoms. The van der Waals surface area contributed by atoms with Gasteiger partial charge in [0.1, 0.15) is 12.4 Å². The monoisotopic (exact) mass is 483 g/mol. The molecule has 0 amide bonds. The average molecular weight is 483 g/mol. The molecular weight excluding hydrogens is 454 g/mol. The summed E-state index contributed by atoms with van der Waals surface area (Å²) in [4.78, 5) is 63.6. The van der Waals surface area contributed by atoms with Gasteiger partial charge in [-0.1, -0.05) is 0 Å². The SMILES string of the molecule is CC(=O)OC[C@@H](OC(C)=O)[C@@H](OC(C)=O)[C@@H](OC(C)=O)[C@H](OC(C)=O)c1nc2n(n1)CCCC2. The van der Waals surface area contributed by atoms with Crippen LogP contribution in [0.2, 0.25) is 0 Å². The summed E-state index contributed by atoms with van der Waals surface area (Å²) in [6.45, 7) is 5.63. The van der Waals surface area contributed by atoms with E-state index in [2.05, 4.69) is 10.1 Å². The molecule has 2 heterocycles. The molecule has 0 spiro atoms. The molecule has 1 aromatic rings. The number of hydrogen-bond acceptors (Lipinski definition) is 12. The van der Waals surface area contributed by atoms with Crippen LogP contribution in [0, 0.1) is 0 Å². The van der Waals surface area contributed by atoms with Crippen LogP contribution in [0.25, 0.3) is 0 Å². The maximum absolute atomic E-state index is 12.0. The normalized spacial score (nSPS) is 16.1. The lowest BCUT2D eigenvalue weighted by atomic mass is 10.0. The summed E-state index contributed by atoms with van der Waals surface area (Å²) in [7, 11) is 0. The molecule has 13 nitrogen and oxygen atoms in total. The molecule has 0 unspecified atom stereocenters. The number of nitrogens with zero attached hydrogens (tertiary/aromatic N) is 3. The molecule has 1 aliphatic rings. The van der Waals surface area contributed by atoms with Crippen molar-refractivity contribution in [1.82, 2.24) is 14.8 Å². The smallest absolute Gasteiger partial charge is 0.303 e. The molecule has 0 fully saturated rings. The molecule has 0 saturated heterocycles. The summed E-state index contributed by atoms with van der Waals surface area (Å²) in [5.74, 6) is -3.18. The molecule has 2 rings (SSSR count). The lowest BCUT2D eigenvalue weighted by Gasteiger charge is -2.34. The third kappa shape index (κ3) is 7.81. The Labute approximate surface area is 196 Å². The maximum Gasteiger partial charge on any atom is 0.303 e. The van der Waals surface area contributed by atoms with Crippen molar-refractivity contribution < 1.29 is 47.7 Å². The minimum absolute atomic E-state index is 0.0181. The highest BCUT2D eigenvalue weighted by atomic mass is 16.6. The standard InChI is InChI=1S/C21H29N3O10/c1-11(25)30-10-16(31-12(2)26)18(32-13(3)27)19(33-14(4)28)20(34-15(5)29)21-22-17-8-6-7-9-24(17)23-21/h16,18-20H,6-10H2,1-5H3/t16-,18-,19-,20+/m1/s1. The van der Waals surface area contributed by atoms with Gasteiger partial charge in [0, 0.05) is 47.6 Å². The molecule has 1 aromatic heterocycles. The third-order valence-corrected chi connectivity index (χ3v) is 4.69. The summed E-state index contributed by atoms with van der Waals surface area (Å²) in [5.41, 5.74) is 0. The second kappa shape index (κ2) is 12.1. The number of hydrogen-bond donors (Lipinski definition) is 0. The summed E-state index contributed by atoms with van der Waals surface area (Å²) < 4.78 is 28.0. The van der Waals surface area contributed by atoms with Crippen LogP contribution in [0.3, 0.4) is 0 Å². The highest BCUT2D eigenvalue weighted by Crippen LogP contribution is 2.29. The molecule has 0 N–H and O–H groups in total. The van der Waals surface area contributed by atoms with Gasteiger partial charge < -0.3 is 23.7 Å². The van der Waals surface area contributed by atoms with E-state index >= 15 is 0 Å². The minimum atomic E-state index is -1.53. The number of fused-ring (bicyclic) bond motifs is 1. The Morgan fingerprint density at radius 3 is 1.91 bits per heavy atom. The van der Waals surface area contributed by atoms with Crippen LogP contribution in [0.4, 0.5) is 0 Å². The predicted octanol–water partition coefficient (Wildman–Crippen LogP) is 0.577. The van der Waals surface area contributed by atoms with Gasteiger partial charge in [0.2, 0.25) is 6.10 Å². The number of carbonyl (C=O) groups excluding carboxylic acids is 5. The summed E-state index contributed by atoms with van der Waals surface area (Å²) >= 11 is 0. The fourth-order valence-electron chi connectivity index (χ4n) is 3.52. The molecule has 0 bridgehead atoms. The molecule has 4 atom stereocenters. The molecule has 0 radical (unpaired) electrons. The zero-order chi connectivity index (χ0) is 25.4. The third-order valence-electron chi connectivity index (χ3n) is 4.69. The zero-order valence-corrected chi connectivity index (χ0v) is 19.8. The first-order valence-electron chi connectivity index (χ1n) is 10.7. The Bertz CT molecular complexity index is 904. The van der Waals surface area contributed by atoms with Crippen molar-refractivity contribution in [1.29, 1.82) is 0 Å². The quantitative estimate of drug-likeness (QED) is 0.336. The number of rotatable bonds is 10. The Morgan fingerprint density at radius 2 is 1.38 bits per heavy atom. The van der Waals surface area contributed by atoms with Gasteiger partial charge in [-0.15, -0.1) is 0 Å². The average Bonchev–Trinajstić information content (AvgIpc) is 3.15. The molecule has 188 valence electrons. The minimum Gasteiger partial charge on any atom is -0.462 e. The number of aromatic nitrogens is 3. The molecule has 1 aliphatic heterocycles. The van der Waals surface area contributed by atoms with E-state index in [9.17, 15) is 24.0 Å². The van der Waals surface area contributed by atoms with Gasteiger partial charge >= 0.3 is 29.8 Å². The lowest BCUT2D eigenvalue weighted by molar-refractivity contribution is -0.204. The van der Waals surface area contributed by atoms with Crippen molar-refractivity contribution in [2.24, 2.45) is 0 Å². The fraction of sp³-hybridized carbons (Fsp3) is 0.667. The molecule has 0 aromatic carbocycles. The highest BCUT2D eigenvalue weighted by Gasteiger charge is 2.46. The lowest BCUT2D eigenvalue weighted by Crippen LogP contribution is -2.50. The van der Waals surface area contributed by atoms with Gasteiger partial charge in [-0.3, -0.25) is 24.0 Å². The van der Waals surface area contributed by atoms with E-state index < -0.39 is 60.9 Å². The van der Waals surface area contributed by atoms with Crippen LogP contribution in [0.5, 0.6) is 0 Å². The van der Waals surface area contributed by atoms with Gasteiger partial charge in [0.25, 0.3) is 0 Å². The Balaban J connectivity index is 2.57. The van der Waals surface area contributed by atoms with E-state index in [1.807, 2.05) is 0 Å². The van der Waals surface area contributed by atoms with Gasteiger partial charge in [-0.2, -0.15) is 5.10 Å². The maximum atomic E-state index is 12.0. The topological polar surface area (TPSA) is 162 Å². The van der Waals surface area contributed by atoms with E-state index in [4.69, 9.17) is 23.7 Å². The van der Waals surface area contributed by atoms with Crippen molar-refractivity contribution in [2.75, 3.05) is 6.61 Å². The van der Waals surface area contributed by atoms with Gasteiger partial charge in [-0.05, 0) is 12.8 Å². The molecule has 34 heavy (non-hydrogen) atoms. The van der Waals surface area contributed by atoms with E-state index in [1.165, 1.54) is 0 Å². The highest BCUT2D eigenvalue weighted by molar-refractivity contribution is 5.69. The van der Waals surface area contributed by atoms with Crippen LogP contribution < -0.4 is 0 Å². The van der Waals surface area contributed by atoms with Crippen molar-refractivity contribution in [3.8, 4) is 0 Å². The van der Waals surface area contributed by atoms with Crippen LogP contribution in [-0.4, -0.2) is 69.5 Å². The Kier molecular flexibility index (Phi) is 9.51. The molecule has 0 aliphatic carbocycles. The number of aryl methyl sites for hydroxylation is 2. The largest absolute Gasteiger partial charge is 0.462 e. The predicted molar refractivity (Wildman–Crippen MR) is 111 cm³/mol. The zero-order valence-electron chi connectivity index (χ0n) is 19.8. The number of ether oxygens (including phenoxy) is 5. The van der Waals surface area contributed by atoms with Gasteiger partial charge in [-0.25, -0.2) is 9.67 Å². The first kappa shape index (κ1) is 26.7. The summed E-state index contributed by atoms with van der Waals surface area (Å²) in [5, 5.41) is 4.39.